The molecule has 42 heavy (non-hydrogen) atoms. The highest BCUT2D eigenvalue weighted by atomic mass is 32.2. The summed E-state index contributed by atoms with van der Waals surface area (Å²) in [6, 6.07) is 11.6. The molecule has 0 fully saturated rings. The minimum absolute atomic E-state index is 0.00308. The lowest BCUT2D eigenvalue weighted by molar-refractivity contribution is 0.0697. The van der Waals surface area contributed by atoms with Crippen molar-refractivity contribution in [3.63, 3.8) is 0 Å². The Bertz CT molecular complexity index is 2160. The zero-order valence-corrected chi connectivity index (χ0v) is 22.9. The van der Waals surface area contributed by atoms with Crippen molar-refractivity contribution in [1.29, 1.82) is 0 Å². The fourth-order valence-corrected chi connectivity index (χ4v) is 5.44. The molecule has 16 nitrogen and oxygen atoms in total. The SMILES string of the molecule is O=C(O)c1cc(N=Nc2cc(S(=O)(=O)O)ccc2S(=O)(=O)O)ccc1N=Nc1cc(S(=O)(=O)O)c2ccccc2c1O. The summed E-state index contributed by atoms with van der Waals surface area (Å²) in [6.07, 6.45) is 0. The number of phenols is 1. The molecule has 4 aromatic carbocycles. The maximum atomic E-state index is 11.9. The first kappa shape index (κ1) is 30.3. The monoisotopic (exact) mass is 636 g/mol. The van der Waals surface area contributed by atoms with Crippen LogP contribution < -0.4 is 0 Å². The third-order valence-corrected chi connectivity index (χ3v) is 8.14. The molecule has 0 aliphatic heterocycles. The Balaban J connectivity index is 1.77. The molecule has 0 aromatic heterocycles. The predicted octanol–water partition coefficient (Wildman–Crippen LogP) is 4.81. The van der Waals surface area contributed by atoms with Gasteiger partial charge < -0.3 is 10.2 Å². The van der Waals surface area contributed by atoms with Gasteiger partial charge in [-0.05, 0) is 42.5 Å². The molecule has 0 radical (unpaired) electrons. The molecule has 5 N–H and O–H groups in total. The number of phenolic OH excluding ortho intramolecular Hbond substituents is 1. The van der Waals surface area contributed by atoms with Gasteiger partial charge in [-0.2, -0.15) is 30.4 Å². The number of nitrogens with zero attached hydrogens (tertiary/aromatic N) is 4. The molecule has 0 bridgehead atoms. The first-order chi connectivity index (χ1) is 19.5. The zero-order chi connectivity index (χ0) is 31.0. The number of aromatic hydroxyl groups is 1. The summed E-state index contributed by atoms with van der Waals surface area (Å²) in [5, 5.41) is 35.0. The second-order valence-corrected chi connectivity index (χ2v) is 12.5. The molecular formula is C23H16N4O12S3. The van der Waals surface area contributed by atoms with Gasteiger partial charge in [-0.3, -0.25) is 13.7 Å². The van der Waals surface area contributed by atoms with Crippen molar-refractivity contribution >= 4 is 69.8 Å². The van der Waals surface area contributed by atoms with E-state index in [-0.39, 0.29) is 22.1 Å². The first-order valence-corrected chi connectivity index (χ1v) is 15.3. The Morgan fingerprint density at radius 1 is 0.595 bits per heavy atom. The van der Waals surface area contributed by atoms with Crippen molar-refractivity contribution < 1.29 is 53.9 Å². The molecule has 0 atom stereocenters. The maximum Gasteiger partial charge on any atom is 0.338 e. The number of fused-ring (bicyclic) bond motifs is 1. The molecule has 0 saturated carbocycles. The van der Waals surface area contributed by atoms with E-state index in [1.807, 2.05) is 0 Å². The van der Waals surface area contributed by atoms with Gasteiger partial charge in [-0.25, -0.2) is 4.79 Å². The molecule has 0 heterocycles. The quantitative estimate of drug-likeness (QED) is 0.129. The van der Waals surface area contributed by atoms with Crippen LogP contribution in [0.2, 0.25) is 0 Å². The van der Waals surface area contributed by atoms with E-state index in [1.54, 1.807) is 0 Å². The lowest BCUT2D eigenvalue weighted by atomic mass is 10.1. The summed E-state index contributed by atoms with van der Waals surface area (Å²) in [7, 11) is -14.5. The van der Waals surface area contributed by atoms with Crippen molar-refractivity contribution in [3.05, 3.63) is 72.3 Å². The Labute approximate surface area is 236 Å². The zero-order valence-electron chi connectivity index (χ0n) is 20.5. The summed E-state index contributed by atoms with van der Waals surface area (Å²) in [5.41, 5.74) is -2.18. The number of carbonyl (C=O) groups is 1. The molecule has 218 valence electrons. The summed E-state index contributed by atoms with van der Waals surface area (Å²) in [4.78, 5) is 9.68. The molecule has 4 aromatic rings. The van der Waals surface area contributed by atoms with Gasteiger partial charge in [0.05, 0.1) is 16.1 Å². The summed E-state index contributed by atoms with van der Waals surface area (Å²) in [6.45, 7) is 0. The van der Waals surface area contributed by atoms with E-state index in [9.17, 15) is 53.9 Å². The molecular weight excluding hydrogens is 620 g/mol. The third-order valence-electron chi connectivity index (χ3n) is 5.49. The number of hydrogen-bond donors (Lipinski definition) is 5. The number of carboxylic acids is 1. The number of rotatable bonds is 8. The average molecular weight is 637 g/mol. The molecule has 0 spiro atoms. The number of benzene rings is 4. The number of carboxylic acid groups (broad SMARTS) is 1. The summed E-state index contributed by atoms with van der Waals surface area (Å²) < 4.78 is 98.2. The molecule has 0 saturated heterocycles. The third kappa shape index (κ3) is 6.46. The normalized spacial score (nSPS) is 12.8. The van der Waals surface area contributed by atoms with E-state index in [0.717, 1.165) is 24.3 Å². The van der Waals surface area contributed by atoms with Crippen molar-refractivity contribution in [2.24, 2.45) is 20.5 Å². The van der Waals surface area contributed by atoms with Crippen LogP contribution in [0.4, 0.5) is 22.7 Å². The Kier molecular flexibility index (Phi) is 7.91. The van der Waals surface area contributed by atoms with Crippen LogP contribution in [0.3, 0.4) is 0 Å². The van der Waals surface area contributed by atoms with Crippen molar-refractivity contribution in [1.82, 2.24) is 0 Å². The average Bonchev–Trinajstić information content (AvgIpc) is 2.90. The van der Waals surface area contributed by atoms with Gasteiger partial charge in [0.25, 0.3) is 30.4 Å². The summed E-state index contributed by atoms with van der Waals surface area (Å²) >= 11 is 0. The molecule has 0 amide bonds. The van der Waals surface area contributed by atoms with Gasteiger partial charge in [-0.1, -0.05) is 24.3 Å². The largest absolute Gasteiger partial charge is 0.505 e. The fraction of sp³-hybridized carbons (Fsp3) is 0. The highest BCUT2D eigenvalue weighted by Crippen LogP contribution is 2.40. The molecule has 0 aliphatic rings. The van der Waals surface area contributed by atoms with Crippen molar-refractivity contribution in [2.75, 3.05) is 0 Å². The topological polar surface area (TPSA) is 270 Å². The highest BCUT2D eigenvalue weighted by Gasteiger charge is 2.21. The van der Waals surface area contributed by atoms with Crippen molar-refractivity contribution in [2.45, 2.75) is 14.7 Å². The van der Waals surface area contributed by atoms with E-state index in [2.05, 4.69) is 20.5 Å². The minimum atomic E-state index is -4.92. The van der Waals surface area contributed by atoms with Gasteiger partial charge >= 0.3 is 5.97 Å². The van der Waals surface area contributed by atoms with E-state index >= 15 is 0 Å². The lowest BCUT2D eigenvalue weighted by Gasteiger charge is -2.08. The standard InChI is InChI=1S/C23H16N4O12S3/c28-22-15-4-2-1-3-14(15)21(42(37,38)39)11-19(22)27-25-17-7-5-12(9-16(17)23(29)30)24-26-18-10-13(40(31,32)33)6-8-20(18)41(34,35)36/h1-11,28H,(H,29,30)(H,31,32,33)(H,34,35,36)(H,37,38,39). The smallest absolute Gasteiger partial charge is 0.338 e. The van der Waals surface area contributed by atoms with Crippen LogP contribution in [0, 0.1) is 0 Å². The van der Waals surface area contributed by atoms with E-state index < -0.39 is 73.7 Å². The minimum Gasteiger partial charge on any atom is -0.505 e. The van der Waals surface area contributed by atoms with E-state index in [4.69, 9.17) is 0 Å². The van der Waals surface area contributed by atoms with Gasteiger partial charge in [0.15, 0.2) is 5.75 Å². The van der Waals surface area contributed by atoms with Gasteiger partial charge in [-0.15, -0.1) is 15.3 Å². The van der Waals surface area contributed by atoms with Crippen molar-refractivity contribution in [3.8, 4) is 5.75 Å². The van der Waals surface area contributed by atoms with Gasteiger partial charge in [0.2, 0.25) is 0 Å². The lowest BCUT2D eigenvalue weighted by Crippen LogP contribution is -2.02. The number of azo groups is 2. The van der Waals surface area contributed by atoms with Crippen LogP contribution in [-0.4, -0.2) is 55.1 Å². The predicted molar refractivity (Wildman–Crippen MR) is 143 cm³/mol. The van der Waals surface area contributed by atoms with Gasteiger partial charge in [0.1, 0.15) is 26.9 Å². The second-order valence-electron chi connectivity index (χ2n) is 8.25. The first-order valence-electron chi connectivity index (χ1n) is 11.0. The van der Waals surface area contributed by atoms with Crippen LogP contribution in [0.15, 0.2) is 102 Å². The fourth-order valence-electron chi connectivity index (χ4n) is 3.62. The maximum absolute atomic E-state index is 11.9. The van der Waals surface area contributed by atoms with E-state index in [1.165, 1.54) is 24.3 Å². The Morgan fingerprint density at radius 3 is 1.79 bits per heavy atom. The Morgan fingerprint density at radius 2 is 1.19 bits per heavy atom. The van der Waals surface area contributed by atoms with Crippen LogP contribution >= 0.6 is 0 Å². The molecule has 0 aliphatic carbocycles. The highest BCUT2D eigenvalue weighted by molar-refractivity contribution is 7.86. The van der Waals surface area contributed by atoms with Crippen LogP contribution in [0.25, 0.3) is 10.8 Å². The van der Waals surface area contributed by atoms with Crippen LogP contribution in [-0.2, 0) is 30.4 Å². The molecule has 0 unspecified atom stereocenters. The van der Waals surface area contributed by atoms with Gasteiger partial charge in [0, 0.05) is 10.8 Å². The van der Waals surface area contributed by atoms with E-state index in [0.29, 0.717) is 18.2 Å². The van der Waals surface area contributed by atoms with Crippen LogP contribution in [0.5, 0.6) is 5.75 Å². The number of aromatic carboxylic acids is 1. The summed E-state index contributed by atoms with van der Waals surface area (Å²) in [5.74, 6) is -2.06. The Hall–Kier alpha value is -4.66. The number of hydrogen-bond acceptors (Lipinski definition) is 12. The van der Waals surface area contributed by atoms with Crippen LogP contribution in [0.1, 0.15) is 10.4 Å². The molecule has 19 heteroatoms. The molecule has 4 rings (SSSR count). The second kappa shape index (κ2) is 11.0.